The van der Waals surface area contributed by atoms with E-state index in [0.717, 1.165) is 19.4 Å². The maximum Gasteiger partial charge on any atom is 0.0667 e. The lowest BCUT2D eigenvalue weighted by molar-refractivity contribution is 0.147. The summed E-state index contributed by atoms with van der Waals surface area (Å²) < 4.78 is 0. The van der Waals surface area contributed by atoms with Crippen molar-refractivity contribution >= 4 is 0 Å². The van der Waals surface area contributed by atoms with Gasteiger partial charge in [-0.1, -0.05) is 13.8 Å². The smallest absolute Gasteiger partial charge is 0.0667 e. The molecule has 1 heterocycles. The van der Waals surface area contributed by atoms with Crippen LogP contribution in [0.2, 0.25) is 0 Å². The third-order valence-electron chi connectivity index (χ3n) is 2.46. The summed E-state index contributed by atoms with van der Waals surface area (Å²) in [6, 6.07) is 4.04. The van der Waals surface area contributed by atoms with Gasteiger partial charge in [-0.15, -0.1) is 0 Å². The van der Waals surface area contributed by atoms with E-state index in [-0.39, 0.29) is 6.10 Å². The largest absolute Gasteiger partial charge is 0.392 e. The van der Waals surface area contributed by atoms with Crippen LogP contribution in [-0.4, -0.2) is 29.3 Å². The number of rotatable bonds is 7. The zero-order chi connectivity index (χ0) is 11.8. The molecule has 3 heteroatoms. The molecule has 0 saturated carbocycles. The highest BCUT2D eigenvalue weighted by molar-refractivity contribution is 5.09. The van der Waals surface area contributed by atoms with Crippen LogP contribution < -0.4 is 5.32 Å². The minimum atomic E-state index is -0.225. The van der Waals surface area contributed by atoms with Crippen LogP contribution in [0.5, 0.6) is 0 Å². The fourth-order valence-electron chi connectivity index (χ4n) is 1.68. The van der Waals surface area contributed by atoms with Crippen LogP contribution in [0.1, 0.15) is 25.8 Å². The number of hydrogen-bond acceptors (Lipinski definition) is 3. The third kappa shape index (κ3) is 5.83. The van der Waals surface area contributed by atoms with Crippen molar-refractivity contribution in [3.05, 3.63) is 30.1 Å². The Kier molecular flexibility index (Phi) is 6.04. The molecule has 16 heavy (non-hydrogen) atoms. The van der Waals surface area contributed by atoms with E-state index in [1.54, 1.807) is 0 Å². The standard InChI is InChI=1S/C13H22N2O/c1-11(2)9-13(16)10-15-8-5-12-3-6-14-7-4-12/h3-4,6-7,11,13,15-16H,5,8-10H2,1-2H3. The van der Waals surface area contributed by atoms with Gasteiger partial charge in [-0.3, -0.25) is 4.98 Å². The Hall–Kier alpha value is -0.930. The first-order chi connectivity index (χ1) is 7.68. The summed E-state index contributed by atoms with van der Waals surface area (Å²) in [4.78, 5) is 3.97. The van der Waals surface area contributed by atoms with Crippen LogP contribution >= 0.6 is 0 Å². The fourth-order valence-corrected chi connectivity index (χ4v) is 1.68. The molecule has 0 aliphatic heterocycles. The average molecular weight is 222 g/mol. The van der Waals surface area contributed by atoms with Crippen molar-refractivity contribution in [2.24, 2.45) is 5.92 Å². The van der Waals surface area contributed by atoms with Crippen LogP contribution in [0, 0.1) is 5.92 Å². The topological polar surface area (TPSA) is 45.1 Å². The molecule has 0 aromatic carbocycles. The van der Waals surface area contributed by atoms with Crippen molar-refractivity contribution in [2.75, 3.05) is 13.1 Å². The molecule has 1 unspecified atom stereocenters. The van der Waals surface area contributed by atoms with E-state index < -0.39 is 0 Å². The number of aliphatic hydroxyl groups is 1. The second-order valence-corrected chi connectivity index (χ2v) is 4.59. The van der Waals surface area contributed by atoms with E-state index >= 15 is 0 Å². The molecule has 2 N–H and O–H groups in total. The molecule has 3 nitrogen and oxygen atoms in total. The summed E-state index contributed by atoms with van der Waals surface area (Å²) in [5, 5.41) is 12.9. The number of hydrogen-bond donors (Lipinski definition) is 2. The van der Waals surface area contributed by atoms with Gasteiger partial charge in [-0.05, 0) is 43.0 Å². The predicted molar refractivity (Wildman–Crippen MR) is 66.3 cm³/mol. The van der Waals surface area contributed by atoms with Crippen molar-refractivity contribution < 1.29 is 5.11 Å². The van der Waals surface area contributed by atoms with Gasteiger partial charge >= 0.3 is 0 Å². The molecular formula is C13H22N2O. The van der Waals surface area contributed by atoms with E-state index in [9.17, 15) is 5.11 Å². The second-order valence-electron chi connectivity index (χ2n) is 4.59. The highest BCUT2D eigenvalue weighted by Gasteiger charge is 2.05. The number of aliphatic hydroxyl groups excluding tert-OH is 1. The monoisotopic (exact) mass is 222 g/mol. The SMILES string of the molecule is CC(C)CC(O)CNCCc1ccncc1. The Balaban J connectivity index is 2.08. The van der Waals surface area contributed by atoms with Crippen molar-refractivity contribution in [1.29, 1.82) is 0 Å². The third-order valence-corrected chi connectivity index (χ3v) is 2.46. The van der Waals surface area contributed by atoms with Crippen molar-refractivity contribution in [3.8, 4) is 0 Å². The van der Waals surface area contributed by atoms with E-state index in [0.29, 0.717) is 12.5 Å². The van der Waals surface area contributed by atoms with Gasteiger partial charge in [-0.2, -0.15) is 0 Å². The Morgan fingerprint density at radius 3 is 2.62 bits per heavy atom. The number of nitrogens with zero attached hydrogens (tertiary/aromatic N) is 1. The first kappa shape index (κ1) is 13.1. The van der Waals surface area contributed by atoms with Gasteiger partial charge in [0.2, 0.25) is 0 Å². The molecule has 0 radical (unpaired) electrons. The molecular weight excluding hydrogens is 200 g/mol. The Morgan fingerprint density at radius 2 is 2.00 bits per heavy atom. The van der Waals surface area contributed by atoms with Crippen LogP contribution in [0.15, 0.2) is 24.5 Å². The minimum absolute atomic E-state index is 0.225. The highest BCUT2D eigenvalue weighted by Crippen LogP contribution is 2.03. The number of nitrogens with one attached hydrogen (secondary N) is 1. The van der Waals surface area contributed by atoms with Crippen molar-refractivity contribution in [1.82, 2.24) is 10.3 Å². The molecule has 0 saturated heterocycles. The van der Waals surface area contributed by atoms with Gasteiger partial charge in [0.1, 0.15) is 0 Å². The summed E-state index contributed by atoms with van der Waals surface area (Å²) in [5.41, 5.74) is 1.28. The summed E-state index contributed by atoms with van der Waals surface area (Å²) in [6.07, 6.45) is 5.24. The predicted octanol–water partition coefficient (Wildman–Crippen LogP) is 1.62. The van der Waals surface area contributed by atoms with Gasteiger partial charge in [0.25, 0.3) is 0 Å². The zero-order valence-electron chi connectivity index (χ0n) is 10.2. The quantitative estimate of drug-likeness (QED) is 0.689. The highest BCUT2D eigenvalue weighted by atomic mass is 16.3. The normalized spacial score (nSPS) is 13.0. The number of aromatic nitrogens is 1. The molecule has 0 spiro atoms. The van der Waals surface area contributed by atoms with Gasteiger partial charge in [0.15, 0.2) is 0 Å². The zero-order valence-corrected chi connectivity index (χ0v) is 10.2. The van der Waals surface area contributed by atoms with E-state index in [1.165, 1.54) is 5.56 Å². The van der Waals surface area contributed by atoms with Crippen LogP contribution in [0.4, 0.5) is 0 Å². The van der Waals surface area contributed by atoms with E-state index in [2.05, 4.69) is 24.1 Å². The van der Waals surface area contributed by atoms with Crippen LogP contribution in [-0.2, 0) is 6.42 Å². The molecule has 0 fully saturated rings. The first-order valence-corrected chi connectivity index (χ1v) is 5.96. The molecule has 0 aliphatic rings. The van der Waals surface area contributed by atoms with E-state index in [1.807, 2.05) is 24.5 Å². The van der Waals surface area contributed by atoms with Crippen LogP contribution in [0.3, 0.4) is 0 Å². The van der Waals surface area contributed by atoms with Crippen molar-refractivity contribution in [3.63, 3.8) is 0 Å². The lowest BCUT2D eigenvalue weighted by atomic mass is 10.1. The second kappa shape index (κ2) is 7.36. The summed E-state index contributed by atoms with van der Waals surface area (Å²) in [6.45, 7) is 5.84. The van der Waals surface area contributed by atoms with Gasteiger partial charge < -0.3 is 10.4 Å². The Labute approximate surface area is 97.9 Å². The van der Waals surface area contributed by atoms with Crippen molar-refractivity contribution in [2.45, 2.75) is 32.8 Å². The fraction of sp³-hybridized carbons (Fsp3) is 0.615. The van der Waals surface area contributed by atoms with E-state index in [4.69, 9.17) is 0 Å². The lowest BCUT2D eigenvalue weighted by Gasteiger charge is -2.13. The van der Waals surface area contributed by atoms with Gasteiger partial charge in [0, 0.05) is 18.9 Å². The molecule has 1 rings (SSSR count). The lowest BCUT2D eigenvalue weighted by Crippen LogP contribution is -2.29. The average Bonchev–Trinajstić information content (AvgIpc) is 2.25. The minimum Gasteiger partial charge on any atom is -0.392 e. The van der Waals surface area contributed by atoms with Gasteiger partial charge in [-0.25, -0.2) is 0 Å². The van der Waals surface area contributed by atoms with Crippen LogP contribution in [0.25, 0.3) is 0 Å². The first-order valence-electron chi connectivity index (χ1n) is 5.96. The summed E-state index contributed by atoms with van der Waals surface area (Å²) in [7, 11) is 0. The Bertz CT molecular complexity index is 275. The molecule has 0 bridgehead atoms. The molecule has 1 atom stereocenters. The Morgan fingerprint density at radius 1 is 1.31 bits per heavy atom. The molecule has 1 aromatic rings. The molecule has 0 aliphatic carbocycles. The summed E-state index contributed by atoms with van der Waals surface area (Å²) >= 11 is 0. The molecule has 1 aromatic heterocycles. The maximum atomic E-state index is 9.64. The molecule has 0 amide bonds. The van der Waals surface area contributed by atoms with Gasteiger partial charge in [0.05, 0.1) is 6.10 Å². The maximum absolute atomic E-state index is 9.64. The molecule has 90 valence electrons. The number of pyridine rings is 1. The summed E-state index contributed by atoms with van der Waals surface area (Å²) in [5.74, 6) is 0.553.